The van der Waals surface area contributed by atoms with Gasteiger partial charge in [0.2, 0.25) is 11.8 Å². The average Bonchev–Trinajstić information content (AvgIpc) is 2.72. The van der Waals surface area contributed by atoms with Gasteiger partial charge in [0, 0.05) is 50.6 Å². The van der Waals surface area contributed by atoms with Gasteiger partial charge in [0.25, 0.3) is 0 Å². The van der Waals surface area contributed by atoms with Crippen LogP contribution in [-0.2, 0) is 32.8 Å². The van der Waals surface area contributed by atoms with Gasteiger partial charge in [0.05, 0.1) is 12.7 Å². The minimum absolute atomic E-state index is 0.00958. The fraction of sp³-hybridized carbons (Fsp3) is 0.833. The van der Waals surface area contributed by atoms with Crippen molar-refractivity contribution in [1.82, 2.24) is 10.6 Å². The number of hydrogen-bond donors (Lipinski definition) is 3. The molecular formula is C24H47N2O8P. The van der Waals surface area contributed by atoms with Gasteiger partial charge in [-0.05, 0) is 26.2 Å². The van der Waals surface area contributed by atoms with Gasteiger partial charge in [-0.3, -0.25) is 28.2 Å². The zero-order chi connectivity index (χ0) is 27.6. The molecule has 3 N–H and O–H groups in total. The number of rotatable bonds is 17. The lowest BCUT2D eigenvalue weighted by molar-refractivity contribution is -0.126. The van der Waals surface area contributed by atoms with E-state index in [1.165, 1.54) is 0 Å². The van der Waals surface area contributed by atoms with E-state index in [1.54, 1.807) is 27.7 Å². The van der Waals surface area contributed by atoms with Crippen LogP contribution >= 0.6 is 7.82 Å². The van der Waals surface area contributed by atoms with Crippen molar-refractivity contribution in [3.05, 3.63) is 0 Å². The van der Waals surface area contributed by atoms with Gasteiger partial charge < -0.3 is 15.5 Å². The first kappa shape index (κ1) is 35.6. The first-order chi connectivity index (χ1) is 16.1. The number of amides is 2. The van der Waals surface area contributed by atoms with Crippen molar-refractivity contribution < 1.29 is 37.7 Å². The molecule has 206 valence electrons. The molecule has 0 aliphatic carbocycles. The van der Waals surface area contributed by atoms with Crippen molar-refractivity contribution in [3.8, 4) is 0 Å². The fourth-order valence-corrected chi connectivity index (χ4v) is 3.29. The molecule has 1 atom stereocenters. The molecule has 0 rings (SSSR count). The number of carbonyl (C=O) groups is 4. The van der Waals surface area contributed by atoms with Crippen LogP contribution in [-0.4, -0.2) is 54.1 Å². The van der Waals surface area contributed by atoms with E-state index < -0.39 is 13.9 Å². The summed E-state index contributed by atoms with van der Waals surface area (Å²) in [6.07, 6.45) is 1.56. The summed E-state index contributed by atoms with van der Waals surface area (Å²) < 4.78 is 20.7. The molecule has 0 aromatic carbocycles. The normalized spacial score (nSPS) is 12.8. The highest BCUT2D eigenvalue weighted by Crippen LogP contribution is 2.44. The molecule has 35 heavy (non-hydrogen) atoms. The molecule has 0 bridgehead atoms. The molecular weight excluding hydrogens is 475 g/mol. The molecule has 0 aromatic heterocycles. The summed E-state index contributed by atoms with van der Waals surface area (Å²) in [6, 6.07) is 0. The first-order valence-electron chi connectivity index (χ1n) is 12.3. The maximum atomic E-state index is 11.4. The molecule has 0 saturated heterocycles. The topological polar surface area (TPSA) is 148 Å². The smallest absolute Gasteiger partial charge is 0.356 e. The van der Waals surface area contributed by atoms with Crippen LogP contribution in [0.15, 0.2) is 0 Å². The average molecular weight is 523 g/mol. The Morgan fingerprint density at radius 1 is 0.743 bits per heavy atom. The third-order valence-electron chi connectivity index (χ3n) is 4.55. The van der Waals surface area contributed by atoms with Crippen molar-refractivity contribution in [3.63, 3.8) is 0 Å². The summed E-state index contributed by atoms with van der Waals surface area (Å²) >= 11 is 0. The lowest BCUT2D eigenvalue weighted by atomic mass is 10.0. The number of hydrogen-bond acceptors (Lipinski definition) is 7. The van der Waals surface area contributed by atoms with Gasteiger partial charge in [0.1, 0.15) is 11.6 Å². The maximum absolute atomic E-state index is 11.4. The van der Waals surface area contributed by atoms with E-state index in [2.05, 4.69) is 33.5 Å². The van der Waals surface area contributed by atoms with Gasteiger partial charge >= 0.3 is 7.82 Å². The lowest BCUT2D eigenvalue weighted by Crippen LogP contribution is -2.27. The Hall–Kier alpha value is -1.61. The summed E-state index contributed by atoms with van der Waals surface area (Å²) in [4.78, 5) is 54.5. The third kappa shape index (κ3) is 23.9. The van der Waals surface area contributed by atoms with Crippen LogP contribution in [0.25, 0.3) is 0 Å². The molecule has 0 saturated carbocycles. The van der Waals surface area contributed by atoms with Crippen LogP contribution in [0.2, 0.25) is 0 Å². The molecule has 2 amide bonds. The summed E-state index contributed by atoms with van der Waals surface area (Å²) in [7, 11) is -4.06. The highest BCUT2D eigenvalue weighted by Gasteiger charge is 2.22. The Morgan fingerprint density at radius 2 is 1.17 bits per heavy atom. The number of nitrogens with one attached hydrogen (secondary N) is 2. The van der Waals surface area contributed by atoms with Gasteiger partial charge in [-0.2, -0.15) is 0 Å². The predicted octanol–water partition coefficient (Wildman–Crippen LogP) is 3.80. The zero-order valence-electron chi connectivity index (χ0n) is 22.7. The molecule has 0 aliphatic rings. The van der Waals surface area contributed by atoms with E-state index >= 15 is 0 Å². The quantitative estimate of drug-likeness (QED) is 0.193. The number of Topliss-reactive ketones (excluding diaryl/α,β-unsaturated/α-hetero) is 2. The molecule has 1 unspecified atom stereocenters. The minimum atomic E-state index is -4.06. The molecule has 0 spiro atoms. The van der Waals surface area contributed by atoms with E-state index in [9.17, 15) is 28.6 Å². The number of phosphoric ester groups is 1. The van der Waals surface area contributed by atoms with Crippen LogP contribution in [0.1, 0.15) is 87.5 Å². The molecule has 0 aromatic rings. The van der Waals surface area contributed by atoms with E-state index in [4.69, 9.17) is 0 Å². The third-order valence-corrected chi connectivity index (χ3v) is 5.75. The summed E-state index contributed by atoms with van der Waals surface area (Å²) in [5.41, 5.74) is 0. The monoisotopic (exact) mass is 522 g/mol. The van der Waals surface area contributed by atoms with Crippen molar-refractivity contribution >= 4 is 31.2 Å². The first-order valence-corrected chi connectivity index (χ1v) is 13.8. The van der Waals surface area contributed by atoms with Crippen LogP contribution < -0.4 is 10.6 Å². The Bertz CT molecular complexity index is 693. The zero-order valence-corrected chi connectivity index (χ0v) is 23.6. The molecule has 0 aliphatic heterocycles. The Balaban J connectivity index is 0. The largest absolute Gasteiger partial charge is 0.472 e. The van der Waals surface area contributed by atoms with Crippen LogP contribution in [0, 0.1) is 17.8 Å². The number of phosphoric acid groups is 1. The number of ketones is 2. The van der Waals surface area contributed by atoms with Crippen molar-refractivity contribution in [2.75, 3.05) is 19.7 Å². The molecule has 0 radical (unpaired) electrons. The van der Waals surface area contributed by atoms with Crippen molar-refractivity contribution in [1.29, 1.82) is 0 Å². The maximum Gasteiger partial charge on any atom is 0.472 e. The second-order valence-corrected chi connectivity index (χ2v) is 11.0. The van der Waals surface area contributed by atoms with Crippen LogP contribution in [0.4, 0.5) is 0 Å². The van der Waals surface area contributed by atoms with Crippen molar-refractivity contribution in [2.45, 2.75) is 93.6 Å². The van der Waals surface area contributed by atoms with Crippen LogP contribution in [0.5, 0.6) is 0 Å². The van der Waals surface area contributed by atoms with E-state index in [0.717, 1.165) is 6.42 Å². The van der Waals surface area contributed by atoms with E-state index in [-0.39, 0.29) is 61.2 Å². The molecule has 11 heteroatoms. The highest BCUT2D eigenvalue weighted by atomic mass is 31.2. The van der Waals surface area contributed by atoms with Gasteiger partial charge in [-0.15, -0.1) is 0 Å². The summed E-state index contributed by atoms with van der Waals surface area (Å²) in [5.74, 6) is 0.441. The van der Waals surface area contributed by atoms with Crippen molar-refractivity contribution in [2.24, 2.45) is 17.8 Å². The Morgan fingerprint density at radius 3 is 1.54 bits per heavy atom. The van der Waals surface area contributed by atoms with E-state index in [0.29, 0.717) is 25.3 Å². The lowest BCUT2D eigenvalue weighted by Gasteiger charge is -2.14. The van der Waals surface area contributed by atoms with Gasteiger partial charge in [0.15, 0.2) is 0 Å². The Kier molecular flexibility index (Phi) is 19.9. The molecule has 10 nitrogen and oxygen atoms in total. The molecule has 0 heterocycles. The minimum Gasteiger partial charge on any atom is -0.356 e. The summed E-state index contributed by atoms with van der Waals surface area (Å²) in [5, 5.41) is 5.32. The molecule has 0 fully saturated rings. The second kappa shape index (κ2) is 19.6. The standard InChI is InChI=1S/C12H24NO6P.C12H23NO2/c1-9(2)11(14)5-6-12(15)13-7-8-18-20(16,17)19-10(3)4;1-9(2)7-8-13-12(15)6-5-11(14)10(3)4/h9-10H,5-8H2,1-4H3,(H,13,15)(H,16,17);9-10H,5-8H2,1-4H3,(H,13,15). The summed E-state index contributed by atoms with van der Waals surface area (Å²) in [6.45, 7) is 15.4. The fourth-order valence-electron chi connectivity index (χ4n) is 2.38. The predicted molar refractivity (Wildman–Crippen MR) is 136 cm³/mol. The van der Waals surface area contributed by atoms with Gasteiger partial charge in [-0.1, -0.05) is 41.5 Å². The highest BCUT2D eigenvalue weighted by molar-refractivity contribution is 7.47. The second-order valence-electron chi connectivity index (χ2n) is 9.58. The Labute approximate surface area is 210 Å². The van der Waals surface area contributed by atoms with Gasteiger partial charge in [-0.25, -0.2) is 4.57 Å². The van der Waals surface area contributed by atoms with Crippen LogP contribution in [0.3, 0.4) is 0 Å². The SMILES string of the molecule is CC(C)CCNC(=O)CCC(=O)C(C)C.CC(C)OP(=O)(O)OCCNC(=O)CCC(=O)C(C)C. The number of carbonyl (C=O) groups excluding carboxylic acids is 4. The van der Waals surface area contributed by atoms with E-state index in [1.807, 2.05) is 13.8 Å².